The molecule has 0 aliphatic carbocycles. The molecule has 5 nitrogen and oxygen atoms in total. The second kappa shape index (κ2) is 6.98. The Morgan fingerprint density at radius 1 is 1.44 bits per heavy atom. The van der Waals surface area contributed by atoms with Crippen molar-refractivity contribution < 1.29 is 19.4 Å². The lowest BCUT2D eigenvalue weighted by atomic mass is 10.2. The molecule has 98 valence electrons. The monoisotopic (exact) mass is 271 g/mol. The highest BCUT2D eigenvalue weighted by Gasteiger charge is 2.16. The molecule has 1 aromatic carbocycles. The zero-order valence-electron chi connectivity index (χ0n) is 9.93. The van der Waals surface area contributed by atoms with Crippen molar-refractivity contribution >= 4 is 29.2 Å². The molecule has 1 N–H and O–H groups in total. The number of benzene rings is 1. The van der Waals surface area contributed by atoms with Gasteiger partial charge in [-0.3, -0.25) is 9.59 Å². The molecular weight excluding hydrogens is 258 g/mol. The van der Waals surface area contributed by atoms with Crippen LogP contribution in [0.25, 0.3) is 0 Å². The van der Waals surface area contributed by atoms with Crippen molar-refractivity contribution in [1.29, 1.82) is 0 Å². The third-order valence-corrected chi connectivity index (χ3v) is 2.47. The molecule has 0 bridgehead atoms. The summed E-state index contributed by atoms with van der Waals surface area (Å²) in [6.45, 7) is -0.0238. The Bertz CT molecular complexity index is 436. The van der Waals surface area contributed by atoms with E-state index in [1.54, 1.807) is 24.3 Å². The summed E-state index contributed by atoms with van der Waals surface area (Å²) < 4.78 is 4.77. The van der Waals surface area contributed by atoms with Crippen LogP contribution in [0.5, 0.6) is 0 Å². The van der Waals surface area contributed by atoms with E-state index in [9.17, 15) is 9.59 Å². The summed E-state index contributed by atoms with van der Waals surface area (Å²) in [6.07, 6.45) is -0.137. The molecular formula is C12H14ClNO4. The van der Waals surface area contributed by atoms with Gasteiger partial charge in [0.15, 0.2) is 0 Å². The van der Waals surface area contributed by atoms with E-state index in [1.807, 2.05) is 0 Å². The minimum Gasteiger partial charge on any atom is -0.481 e. The van der Waals surface area contributed by atoms with Crippen LogP contribution in [0.3, 0.4) is 0 Å². The van der Waals surface area contributed by atoms with Gasteiger partial charge in [-0.2, -0.15) is 0 Å². The summed E-state index contributed by atoms with van der Waals surface area (Å²) in [5.74, 6) is -1.27. The molecule has 0 unspecified atom stereocenters. The van der Waals surface area contributed by atoms with Crippen molar-refractivity contribution in [2.24, 2.45) is 0 Å². The van der Waals surface area contributed by atoms with Crippen LogP contribution in [0.4, 0.5) is 5.69 Å². The van der Waals surface area contributed by atoms with Crippen molar-refractivity contribution in [3.63, 3.8) is 0 Å². The van der Waals surface area contributed by atoms with E-state index in [-0.39, 0.29) is 25.5 Å². The molecule has 0 aliphatic heterocycles. The zero-order valence-corrected chi connectivity index (χ0v) is 10.7. The minimum absolute atomic E-state index is 0.0812. The molecule has 0 radical (unpaired) electrons. The molecule has 0 spiro atoms. The lowest BCUT2D eigenvalue weighted by Crippen LogP contribution is -2.35. The number of nitrogens with zero attached hydrogens (tertiary/aromatic N) is 1. The maximum atomic E-state index is 11.8. The lowest BCUT2D eigenvalue weighted by molar-refractivity contribution is -0.136. The van der Waals surface area contributed by atoms with E-state index in [2.05, 4.69) is 0 Å². The van der Waals surface area contributed by atoms with Crippen molar-refractivity contribution in [1.82, 2.24) is 0 Å². The van der Waals surface area contributed by atoms with Crippen molar-refractivity contribution in [3.8, 4) is 0 Å². The Hall–Kier alpha value is -1.59. The maximum Gasteiger partial charge on any atom is 0.305 e. The van der Waals surface area contributed by atoms with Gasteiger partial charge in [-0.1, -0.05) is 17.7 Å². The molecule has 1 rings (SSSR count). The van der Waals surface area contributed by atoms with Gasteiger partial charge in [-0.25, -0.2) is 0 Å². The maximum absolute atomic E-state index is 11.8. The number of ether oxygens (including phenoxy) is 1. The molecule has 0 aliphatic rings. The zero-order chi connectivity index (χ0) is 13.5. The van der Waals surface area contributed by atoms with Crippen LogP contribution in [-0.2, 0) is 14.3 Å². The van der Waals surface area contributed by atoms with Gasteiger partial charge in [0, 0.05) is 24.4 Å². The Morgan fingerprint density at radius 3 is 2.72 bits per heavy atom. The van der Waals surface area contributed by atoms with Crippen LogP contribution in [0, 0.1) is 0 Å². The molecule has 6 heteroatoms. The van der Waals surface area contributed by atoms with Crippen LogP contribution >= 0.6 is 11.6 Å². The smallest absolute Gasteiger partial charge is 0.305 e. The molecule has 1 aromatic rings. The van der Waals surface area contributed by atoms with Crippen LogP contribution in [0.1, 0.15) is 6.42 Å². The van der Waals surface area contributed by atoms with Gasteiger partial charge in [-0.15, -0.1) is 0 Å². The Labute approximate surface area is 110 Å². The van der Waals surface area contributed by atoms with Crippen molar-refractivity contribution in [2.45, 2.75) is 6.42 Å². The van der Waals surface area contributed by atoms with Crippen LogP contribution < -0.4 is 4.90 Å². The first-order chi connectivity index (χ1) is 8.54. The van der Waals surface area contributed by atoms with E-state index in [1.165, 1.54) is 12.0 Å². The number of rotatable bonds is 6. The normalized spacial score (nSPS) is 10.1. The van der Waals surface area contributed by atoms with E-state index in [0.29, 0.717) is 10.7 Å². The molecule has 1 amide bonds. The first kappa shape index (κ1) is 14.5. The third kappa shape index (κ3) is 4.35. The van der Waals surface area contributed by atoms with Gasteiger partial charge < -0.3 is 14.7 Å². The summed E-state index contributed by atoms with van der Waals surface area (Å²) in [4.78, 5) is 23.8. The number of carboxylic acids is 1. The Kier molecular flexibility index (Phi) is 5.61. The summed E-state index contributed by atoms with van der Waals surface area (Å²) in [5.41, 5.74) is 0.561. The second-order valence-corrected chi connectivity index (χ2v) is 4.04. The largest absolute Gasteiger partial charge is 0.481 e. The Morgan fingerprint density at radius 2 is 2.17 bits per heavy atom. The number of methoxy groups -OCH3 is 1. The van der Waals surface area contributed by atoms with Gasteiger partial charge in [0.1, 0.15) is 6.61 Å². The highest BCUT2D eigenvalue weighted by atomic mass is 35.5. The first-order valence-electron chi connectivity index (χ1n) is 5.31. The van der Waals surface area contributed by atoms with Gasteiger partial charge >= 0.3 is 5.97 Å². The fraction of sp³-hybridized carbons (Fsp3) is 0.333. The number of anilines is 1. The summed E-state index contributed by atoms with van der Waals surface area (Å²) >= 11 is 5.85. The fourth-order valence-corrected chi connectivity index (χ4v) is 1.64. The first-order valence-corrected chi connectivity index (χ1v) is 5.69. The van der Waals surface area contributed by atoms with Gasteiger partial charge in [-0.05, 0) is 18.2 Å². The average molecular weight is 272 g/mol. The molecule has 0 fully saturated rings. The molecule has 0 saturated heterocycles. The molecule has 0 saturated carbocycles. The standard InChI is InChI=1S/C12H14ClNO4/c1-18-8-11(15)14(6-5-12(16)17)10-4-2-3-9(13)7-10/h2-4,7H,5-6,8H2,1H3,(H,16,17). The third-order valence-electron chi connectivity index (χ3n) is 2.24. The highest BCUT2D eigenvalue weighted by Crippen LogP contribution is 2.20. The Balaban J connectivity index is 2.88. The quantitative estimate of drug-likeness (QED) is 0.857. The predicted octanol–water partition coefficient (Wildman–Crippen LogP) is 1.79. The summed E-state index contributed by atoms with van der Waals surface area (Å²) in [6, 6.07) is 6.69. The number of hydrogen-bond donors (Lipinski definition) is 1. The predicted molar refractivity (Wildman–Crippen MR) is 67.9 cm³/mol. The number of halogens is 1. The van der Waals surface area contributed by atoms with E-state index >= 15 is 0 Å². The van der Waals surface area contributed by atoms with Gasteiger partial charge in [0.25, 0.3) is 5.91 Å². The van der Waals surface area contributed by atoms with E-state index < -0.39 is 5.97 Å². The van der Waals surface area contributed by atoms with Gasteiger partial charge in [0.2, 0.25) is 0 Å². The van der Waals surface area contributed by atoms with E-state index in [0.717, 1.165) is 0 Å². The fourth-order valence-electron chi connectivity index (χ4n) is 1.45. The van der Waals surface area contributed by atoms with Crippen LogP contribution in [0.2, 0.25) is 5.02 Å². The number of hydrogen-bond acceptors (Lipinski definition) is 3. The number of carbonyl (C=O) groups is 2. The molecule has 0 atom stereocenters. The van der Waals surface area contributed by atoms with Crippen LogP contribution in [0.15, 0.2) is 24.3 Å². The summed E-state index contributed by atoms with van der Waals surface area (Å²) in [5, 5.41) is 9.16. The van der Waals surface area contributed by atoms with Gasteiger partial charge in [0.05, 0.1) is 6.42 Å². The molecule has 0 aromatic heterocycles. The minimum atomic E-state index is -0.966. The van der Waals surface area contributed by atoms with E-state index in [4.69, 9.17) is 21.4 Å². The number of amides is 1. The second-order valence-electron chi connectivity index (χ2n) is 3.60. The molecule has 0 heterocycles. The summed E-state index contributed by atoms with van der Waals surface area (Å²) in [7, 11) is 1.41. The number of carboxylic acid groups (broad SMARTS) is 1. The topological polar surface area (TPSA) is 66.8 Å². The molecule has 18 heavy (non-hydrogen) atoms. The average Bonchev–Trinajstić information content (AvgIpc) is 2.29. The number of carbonyl (C=O) groups excluding carboxylic acids is 1. The lowest BCUT2D eigenvalue weighted by Gasteiger charge is -2.22. The van der Waals surface area contributed by atoms with Crippen LogP contribution in [-0.4, -0.2) is 37.2 Å². The highest BCUT2D eigenvalue weighted by molar-refractivity contribution is 6.30. The SMILES string of the molecule is COCC(=O)N(CCC(=O)O)c1cccc(Cl)c1. The number of aliphatic carboxylic acids is 1. The van der Waals surface area contributed by atoms with Crippen molar-refractivity contribution in [3.05, 3.63) is 29.3 Å². The van der Waals surface area contributed by atoms with Crippen molar-refractivity contribution in [2.75, 3.05) is 25.2 Å².